The molecule has 1 amide bonds. The Balaban J connectivity index is 2.78. The molecule has 0 aliphatic heterocycles. The average molecular weight is 285 g/mol. The number of hydrogen-bond acceptors (Lipinski definition) is 5. The van der Waals surface area contributed by atoms with E-state index in [4.69, 9.17) is 5.73 Å². The number of rotatable bonds is 7. The van der Waals surface area contributed by atoms with Crippen LogP contribution in [0.2, 0.25) is 0 Å². The van der Waals surface area contributed by atoms with E-state index in [9.17, 15) is 13.2 Å². The Labute approximate surface area is 113 Å². The van der Waals surface area contributed by atoms with E-state index >= 15 is 0 Å². The number of sulfone groups is 1. The van der Waals surface area contributed by atoms with Crippen LogP contribution in [0.25, 0.3) is 0 Å². The van der Waals surface area contributed by atoms with Crippen molar-refractivity contribution in [3.8, 4) is 0 Å². The fourth-order valence-electron chi connectivity index (χ4n) is 1.72. The summed E-state index contributed by atoms with van der Waals surface area (Å²) >= 11 is 0. The predicted molar refractivity (Wildman–Crippen MR) is 71.1 cm³/mol. The van der Waals surface area contributed by atoms with Gasteiger partial charge in [-0.1, -0.05) is 19.8 Å². The summed E-state index contributed by atoms with van der Waals surface area (Å²) in [5, 5.41) is -0.208. The molecule has 0 fully saturated rings. The zero-order valence-electron chi connectivity index (χ0n) is 11.2. The van der Waals surface area contributed by atoms with Gasteiger partial charge in [-0.25, -0.2) is 18.4 Å². The minimum absolute atomic E-state index is 0.208. The molecule has 0 aliphatic carbocycles. The molecule has 0 radical (unpaired) electrons. The molecule has 1 aromatic heterocycles. The summed E-state index contributed by atoms with van der Waals surface area (Å²) < 4.78 is 22.4. The largest absolute Gasteiger partial charge is 0.369 e. The number of aromatic nitrogens is 2. The van der Waals surface area contributed by atoms with Gasteiger partial charge in [0.15, 0.2) is 0 Å². The lowest BCUT2D eigenvalue weighted by Gasteiger charge is -2.12. The Morgan fingerprint density at radius 1 is 1.37 bits per heavy atom. The van der Waals surface area contributed by atoms with Crippen molar-refractivity contribution in [3.05, 3.63) is 18.0 Å². The highest BCUT2D eigenvalue weighted by Gasteiger charge is 2.17. The van der Waals surface area contributed by atoms with Crippen LogP contribution in [0.15, 0.2) is 17.6 Å². The Hall–Kier alpha value is -1.50. The molecule has 0 aliphatic rings. The van der Waals surface area contributed by atoms with Gasteiger partial charge in [0.1, 0.15) is 0 Å². The summed E-state index contributed by atoms with van der Waals surface area (Å²) in [4.78, 5) is 18.9. The molecule has 1 aromatic rings. The van der Waals surface area contributed by atoms with E-state index in [1.807, 2.05) is 6.92 Å². The van der Waals surface area contributed by atoms with Gasteiger partial charge in [-0.2, -0.15) is 0 Å². The van der Waals surface area contributed by atoms with Crippen LogP contribution in [0, 0.1) is 5.92 Å². The highest BCUT2D eigenvalue weighted by Crippen LogP contribution is 2.14. The van der Waals surface area contributed by atoms with Gasteiger partial charge in [0, 0.05) is 24.6 Å². The minimum Gasteiger partial charge on any atom is -0.369 e. The van der Waals surface area contributed by atoms with Crippen LogP contribution in [-0.2, 0) is 21.1 Å². The highest BCUT2D eigenvalue weighted by atomic mass is 32.2. The van der Waals surface area contributed by atoms with Gasteiger partial charge in [0.25, 0.3) is 0 Å². The third-order valence-electron chi connectivity index (χ3n) is 2.80. The molecule has 0 saturated heterocycles. The Bertz CT molecular complexity index is 526. The van der Waals surface area contributed by atoms with Crippen LogP contribution in [0.4, 0.5) is 0 Å². The van der Waals surface area contributed by atoms with Gasteiger partial charge < -0.3 is 5.73 Å². The highest BCUT2D eigenvalue weighted by molar-refractivity contribution is 7.90. The van der Waals surface area contributed by atoms with E-state index in [1.165, 1.54) is 12.4 Å². The summed E-state index contributed by atoms with van der Waals surface area (Å²) in [6, 6.07) is 0. The molecule has 0 saturated carbocycles. The maximum Gasteiger partial charge on any atom is 0.246 e. The van der Waals surface area contributed by atoms with E-state index in [2.05, 4.69) is 9.97 Å². The molecule has 1 atom stereocenters. The standard InChI is InChI=1S/C12H19N3O3S/c1-3-4-5-10(11(13)16)6-9-7-14-12(15-8-9)19(2,17)18/h7-8,10H,3-6H2,1-2H3,(H2,13,16). The maximum atomic E-state index is 11.3. The molecule has 0 spiro atoms. The first-order valence-electron chi connectivity index (χ1n) is 6.15. The van der Waals surface area contributed by atoms with Gasteiger partial charge in [0.2, 0.25) is 20.9 Å². The van der Waals surface area contributed by atoms with Crippen molar-refractivity contribution in [2.24, 2.45) is 11.7 Å². The van der Waals surface area contributed by atoms with E-state index in [-0.39, 0.29) is 17.0 Å². The molecule has 0 aromatic carbocycles. The van der Waals surface area contributed by atoms with E-state index in [1.54, 1.807) is 0 Å². The third-order valence-corrected chi connectivity index (χ3v) is 3.68. The number of amides is 1. The predicted octanol–water partition coefficient (Wildman–Crippen LogP) is 0.714. The molecular formula is C12H19N3O3S. The lowest BCUT2D eigenvalue weighted by molar-refractivity contribution is -0.122. The summed E-state index contributed by atoms with van der Waals surface area (Å²) in [6.07, 6.45) is 7.01. The Morgan fingerprint density at radius 3 is 2.37 bits per heavy atom. The molecule has 6 nitrogen and oxygen atoms in total. The molecule has 1 unspecified atom stereocenters. The van der Waals surface area contributed by atoms with Crippen molar-refractivity contribution < 1.29 is 13.2 Å². The second-order valence-electron chi connectivity index (χ2n) is 4.59. The fourth-order valence-corrected chi connectivity index (χ4v) is 2.21. The topological polar surface area (TPSA) is 103 Å². The normalized spacial score (nSPS) is 13.2. The quantitative estimate of drug-likeness (QED) is 0.743. The molecule has 1 rings (SSSR count). The smallest absolute Gasteiger partial charge is 0.246 e. The third kappa shape index (κ3) is 4.94. The number of unbranched alkanes of at least 4 members (excludes halogenated alkanes) is 1. The second kappa shape index (κ2) is 6.60. The van der Waals surface area contributed by atoms with Gasteiger partial charge in [-0.3, -0.25) is 4.79 Å². The van der Waals surface area contributed by atoms with Gasteiger partial charge in [0.05, 0.1) is 0 Å². The number of carbonyl (C=O) groups is 1. The van der Waals surface area contributed by atoms with Gasteiger partial charge in [-0.05, 0) is 18.4 Å². The number of nitrogens with zero attached hydrogens (tertiary/aromatic N) is 2. The zero-order valence-corrected chi connectivity index (χ0v) is 12.0. The maximum absolute atomic E-state index is 11.3. The van der Waals surface area contributed by atoms with Crippen LogP contribution in [0.3, 0.4) is 0 Å². The Morgan fingerprint density at radius 2 is 1.95 bits per heavy atom. The first-order chi connectivity index (χ1) is 8.84. The first-order valence-corrected chi connectivity index (χ1v) is 8.04. The summed E-state index contributed by atoms with van der Waals surface area (Å²) in [6.45, 7) is 2.04. The average Bonchev–Trinajstić information content (AvgIpc) is 2.33. The lowest BCUT2D eigenvalue weighted by Crippen LogP contribution is -2.25. The van der Waals surface area contributed by atoms with Crippen molar-refractivity contribution in [1.82, 2.24) is 9.97 Å². The van der Waals surface area contributed by atoms with E-state index in [0.717, 1.165) is 25.5 Å². The van der Waals surface area contributed by atoms with Crippen molar-refractivity contribution in [2.75, 3.05) is 6.26 Å². The molecule has 2 N–H and O–H groups in total. The van der Waals surface area contributed by atoms with Crippen LogP contribution < -0.4 is 5.73 Å². The van der Waals surface area contributed by atoms with Crippen molar-refractivity contribution >= 4 is 15.7 Å². The fraction of sp³-hybridized carbons (Fsp3) is 0.583. The molecule has 106 valence electrons. The molecular weight excluding hydrogens is 266 g/mol. The SMILES string of the molecule is CCCCC(Cc1cnc(S(C)(=O)=O)nc1)C(N)=O. The molecule has 19 heavy (non-hydrogen) atoms. The van der Waals surface area contributed by atoms with Crippen LogP contribution >= 0.6 is 0 Å². The first kappa shape index (κ1) is 15.6. The molecule has 0 bridgehead atoms. The number of carbonyl (C=O) groups excluding carboxylic acids is 1. The van der Waals surface area contributed by atoms with Gasteiger partial charge in [-0.15, -0.1) is 0 Å². The van der Waals surface area contributed by atoms with Crippen molar-refractivity contribution in [1.29, 1.82) is 0 Å². The molecule has 7 heteroatoms. The minimum atomic E-state index is -3.39. The summed E-state index contributed by atoms with van der Waals surface area (Å²) in [5.74, 6) is -0.603. The Kier molecular flexibility index (Phi) is 5.41. The van der Waals surface area contributed by atoms with E-state index < -0.39 is 9.84 Å². The van der Waals surface area contributed by atoms with Crippen LogP contribution in [0.1, 0.15) is 31.7 Å². The van der Waals surface area contributed by atoms with Crippen molar-refractivity contribution in [2.45, 2.75) is 37.8 Å². The van der Waals surface area contributed by atoms with Crippen LogP contribution in [0.5, 0.6) is 0 Å². The number of primary amides is 1. The van der Waals surface area contributed by atoms with Crippen LogP contribution in [-0.4, -0.2) is 30.5 Å². The summed E-state index contributed by atoms with van der Waals surface area (Å²) in [5.41, 5.74) is 6.06. The van der Waals surface area contributed by atoms with Crippen molar-refractivity contribution in [3.63, 3.8) is 0 Å². The number of nitrogens with two attached hydrogens (primary N) is 1. The van der Waals surface area contributed by atoms with E-state index in [0.29, 0.717) is 12.0 Å². The monoisotopic (exact) mass is 285 g/mol. The lowest BCUT2D eigenvalue weighted by atomic mass is 9.95. The zero-order chi connectivity index (χ0) is 14.5. The number of hydrogen-bond donors (Lipinski definition) is 1. The molecule has 1 heterocycles. The second-order valence-corrected chi connectivity index (χ2v) is 6.50. The summed E-state index contributed by atoms with van der Waals surface area (Å²) in [7, 11) is -3.39. The van der Waals surface area contributed by atoms with Gasteiger partial charge >= 0.3 is 0 Å².